The van der Waals surface area contributed by atoms with Gasteiger partial charge in [0.25, 0.3) is 0 Å². The summed E-state index contributed by atoms with van der Waals surface area (Å²) < 4.78 is 1.77. The van der Waals surface area contributed by atoms with E-state index in [1.165, 1.54) is 0 Å². The number of carbonyl (C=O) groups excluding carboxylic acids is 2. The van der Waals surface area contributed by atoms with Gasteiger partial charge in [-0.3, -0.25) is 14.3 Å². The van der Waals surface area contributed by atoms with Crippen molar-refractivity contribution in [1.82, 2.24) is 25.0 Å². The summed E-state index contributed by atoms with van der Waals surface area (Å²) in [5, 5.41) is 7.22. The molecule has 0 radical (unpaired) electrons. The van der Waals surface area contributed by atoms with Crippen molar-refractivity contribution in [3.8, 4) is 0 Å². The lowest BCUT2D eigenvalue weighted by Gasteiger charge is -2.24. The van der Waals surface area contributed by atoms with Crippen LogP contribution in [0.3, 0.4) is 0 Å². The van der Waals surface area contributed by atoms with Crippen LogP contribution >= 0.6 is 0 Å². The Balaban J connectivity index is 1.71. The van der Waals surface area contributed by atoms with Crippen molar-refractivity contribution in [2.45, 2.75) is 25.8 Å². The van der Waals surface area contributed by atoms with Gasteiger partial charge in [0.15, 0.2) is 0 Å². The van der Waals surface area contributed by atoms with Crippen LogP contribution in [0.15, 0.2) is 24.5 Å². The van der Waals surface area contributed by atoms with Crippen LogP contribution in [0.1, 0.15) is 29.4 Å². The van der Waals surface area contributed by atoms with E-state index in [0.717, 1.165) is 23.4 Å². The van der Waals surface area contributed by atoms with E-state index >= 15 is 0 Å². The minimum absolute atomic E-state index is 0.00669. The zero-order chi connectivity index (χ0) is 17.3. The van der Waals surface area contributed by atoms with Crippen LogP contribution in [-0.4, -0.2) is 45.1 Å². The molecule has 0 aliphatic carbocycles. The molecule has 0 spiro atoms. The second-order valence-corrected chi connectivity index (χ2v) is 6.31. The van der Waals surface area contributed by atoms with E-state index in [9.17, 15) is 9.59 Å². The van der Waals surface area contributed by atoms with Gasteiger partial charge in [-0.15, -0.1) is 0 Å². The zero-order valence-electron chi connectivity index (χ0n) is 14.2. The second kappa shape index (κ2) is 6.51. The Hall–Kier alpha value is -2.57. The van der Waals surface area contributed by atoms with Crippen molar-refractivity contribution in [3.63, 3.8) is 0 Å². The standard InChI is InChI=1S/C17H23N5O2/c1-11-14(10-20-22(11)3)16-13(9-15(23)21(16)2)17(24)19-8-6-12-5-4-7-18-12/h4-5,7,10,13,16,18H,6,8-9H2,1-3H3,(H,19,24)/t13-,16-/m0/s1. The Bertz CT molecular complexity index is 734. The first kappa shape index (κ1) is 16.3. The molecule has 1 saturated heterocycles. The zero-order valence-corrected chi connectivity index (χ0v) is 14.2. The number of hydrogen-bond acceptors (Lipinski definition) is 3. The molecule has 1 aliphatic heterocycles. The smallest absolute Gasteiger partial charge is 0.226 e. The summed E-state index contributed by atoms with van der Waals surface area (Å²) in [6, 6.07) is 3.67. The Labute approximate surface area is 141 Å². The van der Waals surface area contributed by atoms with Crippen LogP contribution in [-0.2, 0) is 23.1 Å². The normalized spacial score (nSPS) is 20.6. The minimum Gasteiger partial charge on any atom is -0.365 e. The van der Waals surface area contributed by atoms with Crippen LogP contribution in [0.25, 0.3) is 0 Å². The first-order valence-electron chi connectivity index (χ1n) is 8.13. The minimum atomic E-state index is -0.381. The predicted octanol–water partition coefficient (Wildman–Crippen LogP) is 0.935. The molecule has 7 nitrogen and oxygen atoms in total. The molecule has 2 N–H and O–H groups in total. The third kappa shape index (κ3) is 2.93. The van der Waals surface area contributed by atoms with Crippen LogP contribution < -0.4 is 5.32 Å². The molecule has 128 valence electrons. The first-order valence-corrected chi connectivity index (χ1v) is 8.13. The van der Waals surface area contributed by atoms with Crippen molar-refractivity contribution in [1.29, 1.82) is 0 Å². The number of rotatable bonds is 5. The molecule has 2 aromatic rings. The van der Waals surface area contributed by atoms with Crippen molar-refractivity contribution in [2.24, 2.45) is 13.0 Å². The molecule has 1 fully saturated rings. The number of aromatic amines is 1. The first-order chi connectivity index (χ1) is 11.5. The fourth-order valence-electron chi connectivity index (χ4n) is 3.31. The Morgan fingerprint density at radius 3 is 2.88 bits per heavy atom. The number of hydrogen-bond donors (Lipinski definition) is 2. The summed E-state index contributed by atoms with van der Waals surface area (Å²) in [7, 11) is 3.62. The Kier molecular flexibility index (Phi) is 4.42. The van der Waals surface area contributed by atoms with E-state index in [1.807, 2.05) is 32.3 Å². The van der Waals surface area contributed by atoms with Gasteiger partial charge >= 0.3 is 0 Å². The van der Waals surface area contributed by atoms with Gasteiger partial charge in [0.05, 0.1) is 18.2 Å². The van der Waals surface area contributed by atoms with E-state index in [1.54, 1.807) is 22.8 Å². The quantitative estimate of drug-likeness (QED) is 0.856. The second-order valence-electron chi connectivity index (χ2n) is 6.31. The maximum absolute atomic E-state index is 12.6. The maximum atomic E-state index is 12.6. The van der Waals surface area contributed by atoms with Crippen molar-refractivity contribution < 1.29 is 9.59 Å². The number of H-pyrrole nitrogens is 1. The van der Waals surface area contributed by atoms with E-state index < -0.39 is 0 Å². The van der Waals surface area contributed by atoms with Gasteiger partial charge in [-0.2, -0.15) is 5.10 Å². The van der Waals surface area contributed by atoms with E-state index in [0.29, 0.717) is 6.54 Å². The fraction of sp³-hybridized carbons (Fsp3) is 0.471. The Morgan fingerprint density at radius 1 is 1.46 bits per heavy atom. The van der Waals surface area contributed by atoms with Crippen LogP contribution in [0.2, 0.25) is 0 Å². The van der Waals surface area contributed by atoms with Gasteiger partial charge in [0.1, 0.15) is 0 Å². The highest BCUT2D eigenvalue weighted by molar-refractivity contribution is 5.90. The van der Waals surface area contributed by atoms with Gasteiger partial charge in [0, 0.05) is 56.6 Å². The largest absolute Gasteiger partial charge is 0.365 e. The van der Waals surface area contributed by atoms with Crippen LogP contribution in [0, 0.1) is 12.8 Å². The monoisotopic (exact) mass is 329 g/mol. The van der Waals surface area contributed by atoms with E-state index in [2.05, 4.69) is 15.4 Å². The number of likely N-dealkylation sites (tertiary alicyclic amines) is 1. The molecule has 2 amide bonds. The number of carbonyl (C=O) groups is 2. The summed E-state index contributed by atoms with van der Waals surface area (Å²) in [6.07, 6.45) is 4.60. The fourth-order valence-corrected chi connectivity index (χ4v) is 3.31. The number of aromatic nitrogens is 3. The average molecular weight is 329 g/mol. The SMILES string of the molecule is Cc1c([C@@H]2[C@@H](C(=O)NCCc3ccc[nH]3)CC(=O)N2C)cnn1C. The molecule has 0 aromatic carbocycles. The van der Waals surface area contributed by atoms with Crippen molar-refractivity contribution in [3.05, 3.63) is 41.5 Å². The lowest BCUT2D eigenvalue weighted by Crippen LogP contribution is -2.35. The molecular weight excluding hydrogens is 306 g/mol. The van der Waals surface area contributed by atoms with Gasteiger partial charge in [-0.25, -0.2) is 0 Å². The molecule has 3 heterocycles. The lowest BCUT2D eigenvalue weighted by molar-refractivity contribution is -0.128. The van der Waals surface area contributed by atoms with Gasteiger partial charge in [-0.05, 0) is 19.1 Å². The summed E-state index contributed by atoms with van der Waals surface area (Å²) in [5.74, 6) is -0.464. The molecule has 2 aromatic heterocycles. The number of nitrogens with zero attached hydrogens (tertiary/aromatic N) is 3. The highest BCUT2D eigenvalue weighted by atomic mass is 16.2. The van der Waals surface area contributed by atoms with Crippen molar-refractivity contribution in [2.75, 3.05) is 13.6 Å². The third-order valence-corrected chi connectivity index (χ3v) is 4.87. The summed E-state index contributed by atoms with van der Waals surface area (Å²) in [6.45, 7) is 2.51. The average Bonchev–Trinajstić information content (AvgIpc) is 3.24. The number of nitrogens with one attached hydrogen (secondary N) is 2. The Morgan fingerprint density at radius 2 is 2.25 bits per heavy atom. The summed E-state index contributed by atoms with van der Waals surface area (Å²) in [4.78, 5) is 29.6. The predicted molar refractivity (Wildman–Crippen MR) is 89.1 cm³/mol. The maximum Gasteiger partial charge on any atom is 0.226 e. The molecule has 0 saturated carbocycles. The van der Waals surface area contributed by atoms with Crippen LogP contribution in [0.4, 0.5) is 0 Å². The van der Waals surface area contributed by atoms with E-state index in [-0.39, 0.29) is 30.2 Å². The molecule has 24 heavy (non-hydrogen) atoms. The highest BCUT2D eigenvalue weighted by Gasteiger charge is 2.43. The molecule has 3 rings (SSSR count). The van der Waals surface area contributed by atoms with Gasteiger partial charge < -0.3 is 15.2 Å². The number of aryl methyl sites for hydroxylation is 1. The molecule has 1 aliphatic rings. The molecule has 0 unspecified atom stereocenters. The topological polar surface area (TPSA) is 83.0 Å². The highest BCUT2D eigenvalue weighted by Crippen LogP contribution is 2.38. The molecule has 2 atom stereocenters. The van der Waals surface area contributed by atoms with Crippen LogP contribution in [0.5, 0.6) is 0 Å². The third-order valence-electron chi connectivity index (χ3n) is 4.87. The lowest BCUT2D eigenvalue weighted by atomic mass is 9.93. The van der Waals surface area contributed by atoms with Gasteiger partial charge in [0.2, 0.25) is 11.8 Å². The molecule has 7 heteroatoms. The van der Waals surface area contributed by atoms with Crippen molar-refractivity contribution >= 4 is 11.8 Å². The van der Waals surface area contributed by atoms with E-state index in [4.69, 9.17) is 0 Å². The molecule has 0 bridgehead atoms. The summed E-state index contributed by atoms with van der Waals surface area (Å²) in [5.41, 5.74) is 3.00. The summed E-state index contributed by atoms with van der Waals surface area (Å²) >= 11 is 0. The number of amides is 2. The molecular formula is C17H23N5O2. The van der Waals surface area contributed by atoms with Gasteiger partial charge in [-0.1, -0.05) is 0 Å².